The van der Waals surface area contributed by atoms with Crippen LogP contribution in [0.25, 0.3) is 0 Å². The maximum absolute atomic E-state index is 12.7. The topological polar surface area (TPSA) is 91.6 Å². The first kappa shape index (κ1) is 21.3. The van der Waals surface area contributed by atoms with Gasteiger partial charge in [-0.15, -0.1) is 0 Å². The summed E-state index contributed by atoms with van der Waals surface area (Å²) < 4.78 is 28.9. The van der Waals surface area contributed by atoms with Crippen molar-refractivity contribution in [1.82, 2.24) is 24.7 Å². The fourth-order valence-corrected chi connectivity index (χ4v) is 4.93. The van der Waals surface area contributed by atoms with Gasteiger partial charge in [0.15, 0.2) is 5.96 Å². The van der Waals surface area contributed by atoms with Crippen LogP contribution in [0.5, 0.6) is 0 Å². The van der Waals surface area contributed by atoms with Gasteiger partial charge in [-0.1, -0.05) is 18.2 Å². The molecule has 1 saturated heterocycles. The Bertz CT molecular complexity index is 860. The summed E-state index contributed by atoms with van der Waals surface area (Å²) >= 11 is 0. The lowest BCUT2D eigenvalue weighted by molar-refractivity contribution is 0.273. The molecule has 0 saturated carbocycles. The first-order valence-corrected chi connectivity index (χ1v) is 11.5. The number of sulfonamides is 1. The van der Waals surface area contributed by atoms with E-state index in [-0.39, 0.29) is 0 Å². The first-order valence-electron chi connectivity index (χ1n) is 10.1. The molecule has 3 rings (SSSR count). The lowest BCUT2D eigenvalue weighted by atomic mass is 9.98. The van der Waals surface area contributed by atoms with Gasteiger partial charge in [0, 0.05) is 52.2 Å². The van der Waals surface area contributed by atoms with Crippen molar-refractivity contribution in [1.29, 1.82) is 0 Å². The number of benzene rings is 1. The Morgan fingerprint density at radius 1 is 1.17 bits per heavy atom. The number of nitrogens with one attached hydrogen (secondary N) is 2. The third-order valence-corrected chi connectivity index (χ3v) is 7.06. The van der Waals surface area contributed by atoms with E-state index >= 15 is 0 Å². The molecule has 1 aromatic heterocycles. The maximum atomic E-state index is 12.7. The molecule has 2 aromatic rings. The minimum Gasteiger partial charge on any atom is -0.356 e. The van der Waals surface area contributed by atoms with Gasteiger partial charge in [0.25, 0.3) is 0 Å². The smallest absolute Gasteiger partial charge is 0.243 e. The molecule has 0 spiro atoms. The fraction of sp³-hybridized carbons (Fsp3) is 0.500. The van der Waals surface area contributed by atoms with Crippen LogP contribution in [-0.2, 0) is 16.6 Å². The number of aryl methyl sites for hydroxylation is 1. The molecule has 2 N–H and O–H groups in total. The third-order valence-electron chi connectivity index (χ3n) is 5.15. The van der Waals surface area contributed by atoms with Crippen LogP contribution in [0.4, 0.5) is 0 Å². The van der Waals surface area contributed by atoms with Gasteiger partial charge in [-0.3, -0.25) is 9.67 Å². The maximum Gasteiger partial charge on any atom is 0.243 e. The predicted molar refractivity (Wildman–Crippen MR) is 114 cm³/mol. The van der Waals surface area contributed by atoms with Gasteiger partial charge < -0.3 is 10.6 Å². The van der Waals surface area contributed by atoms with Gasteiger partial charge in [-0.25, -0.2) is 8.42 Å². The Kier molecular flexibility index (Phi) is 7.65. The number of piperidine rings is 1. The molecule has 0 bridgehead atoms. The number of guanidine groups is 1. The lowest BCUT2D eigenvalue weighted by Crippen LogP contribution is -2.44. The molecule has 1 aliphatic rings. The highest BCUT2D eigenvalue weighted by molar-refractivity contribution is 7.89. The molecule has 0 unspecified atom stereocenters. The van der Waals surface area contributed by atoms with Crippen LogP contribution in [0.15, 0.2) is 58.7 Å². The summed E-state index contributed by atoms with van der Waals surface area (Å²) in [6.07, 6.45) is 6.38. The van der Waals surface area contributed by atoms with Crippen molar-refractivity contribution >= 4 is 16.0 Å². The number of aliphatic imine (C=N–C) groups is 1. The minimum atomic E-state index is -3.39. The normalized spacial score (nSPS) is 16.7. The molecule has 29 heavy (non-hydrogen) atoms. The van der Waals surface area contributed by atoms with Gasteiger partial charge in [-0.2, -0.15) is 9.40 Å². The highest BCUT2D eigenvalue weighted by atomic mass is 32.2. The second kappa shape index (κ2) is 10.4. The highest BCUT2D eigenvalue weighted by Gasteiger charge is 2.29. The molecule has 1 aromatic carbocycles. The van der Waals surface area contributed by atoms with Crippen LogP contribution in [0, 0.1) is 5.92 Å². The molecule has 2 heterocycles. The van der Waals surface area contributed by atoms with Crippen molar-refractivity contribution in [2.75, 3.05) is 33.2 Å². The Balaban J connectivity index is 1.37. The Morgan fingerprint density at radius 3 is 2.59 bits per heavy atom. The molecule has 8 nitrogen and oxygen atoms in total. The van der Waals surface area contributed by atoms with Gasteiger partial charge in [0.2, 0.25) is 10.0 Å². The molecule has 158 valence electrons. The Labute approximate surface area is 173 Å². The van der Waals surface area contributed by atoms with E-state index in [2.05, 4.69) is 20.7 Å². The average Bonchev–Trinajstić information content (AvgIpc) is 3.28. The second-order valence-corrected chi connectivity index (χ2v) is 9.10. The summed E-state index contributed by atoms with van der Waals surface area (Å²) in [7, 11) is -1.62. The van der Waals surface area contributed by atoms with E-state index in [1.54, 1.807) is 41.8 Å². The van der Waals surface area contributed by atoms with E-state index in [1.807, 2.05) is 23.0 Å². The Hall–Kier alpha value is -2.39. The van der Waals surface area contributed by atoms with E-state index in [0.29, 0.717) is 23.9 Å². The summed E-state index contributed by atoms with van der Waals surface area (Å²) in [5, 5.41) is 10.9. The van der Waals surface area contributed by atoms with Crippen molar-refractivity contribution in [3.63, 3.8) is 0 Å². The fourth-order valence-electron chi connectivity index (χ4n) is 3.44. The van der Waals surface area contributed by atoms with Crippen molar-refractivity contribution in [2.45, 2.75) is 30.7 Å². The van der Waals surface area contributed by atoms with Gasteiger partial charge in [0.05, 0.1) is 4.90 Å². The molecule has 1 fully saturated rings. The molecular weight excluding hydrogens is 388 g/mol. The van der Waals surface area contributed by atoms with E-state index in [0.717, 1.165) is 44.9 Å². The average molecular weight is 419 g/mol. The van der Waals surface area contributed by atoms with Crippen molar-refractivity contribution in [2.24, 2.45) is 10.9 Å². The van der Waals surface area contributed by atoms with E-state index in [1.165, 1.54) is 0 Å². The summed E-state index contributed by atoms with van der Waals surface area (Å²) in [6, 6.07) is 10.6. The molecule has 0 atom stereocenters. The van der Waals surface area contributed by atoms with Crippen LogP contribution in [0.1, 0.15) is 19.3 Å². The number of hydrogen-bond acceptors (Lipinski definition) is 4. The lowest BCUT2D eigenvalue weighted by Gasteiger charge is -2.31. The molecule has 0 radical (unpaired) electrons. The van der Waals surface area contributed by atoms with Crippen LogP contribution in [-0.4, -0.2) is 61.7 Å². The number of nitrogens with zero attached hydrogens (tertiary/aromatic N) is 4. The van der Waals surface area contributed by atoms with E-state index in [9.17, 15) is 8.42 Å². The van der Waals surface area contributed by atoms with Crippen molar-refractivity contribution in [3.8, 4) is 0 Å². The summed E-state index contributed by atoms with van der Waals surface area (Å²) in [5.41, 5.74) is 0. The molecule has 1 aliphatic heterocycles. The third kappa shape index (κ3) is 6.04. The number of aromatic nitrogens is 2. The quantitative estimate of drug-likeness (QED) is 0.385. The highest BCUT2D eigenvalue weighted by Crippen LogP contribution is 2.23. The standard InChI is InChI=1S/C20H30N6O2S/c1-21-20(22-11-5-13-25-14-6-12-24-25)23-17-18-9-15-26(16-10-18)29(27,28)19-7-3-2-4-8-19/h2-4,6-8,12,14,18H,5,9-11,13,15-17H2,1H3,(H2,21,22,23). The van der Waals surface area contributed by atoms with Gasteiger partial charge >= 0.3 is 0 Å². The van der Waals surface area contributed by atoms with E-state index < -0.39 is 10.0 Å². The van der Waals surface area contributed by atoms with Gasteiger partial charge in [0.1, 0.15) is 0 Å². The zero-order valence-corrected chi connectivity index (χ0v) is 17.7. The second-order valence-electron chi connectivity index (χ2n) is 7.16. The van der Waals surface area contributed by atoms with Crippen LogP contribution >= 0.6 is 0 Å². The summed E-state index contributed by atoms with van der Waals surface area (Å²) in [4.78, 5) is 4.64. The molecule has 9 heteroatoms. The van der Waals surface area contributed by atoms with Crippen molar-refractivity contribution in [3.05, 3.63) is 48.8 Å². The van der Waals surface area contributed by atoms with E-state index in [4.69, 9.17) is 0 Å². The van der Waals surface area contributed by atoms with Crippen molar-refractivity contribution < 1.29 is 8.42 Å². The van der Waals surface area contributed by atoms with Gasteiger partial charge in [-0.05, 0) is 43.4 Å². The first-order chi connectivity index (χ1) is 14.1. The SMILES string of the molecule is CN=C(NCCCn1cccn1)NCC1CCN(S(=O)(=O)c2ccccc2)CC1. The minimum absolute atomic E-state index is 0.372. The van der Waals surface area contributed by atoms with Crippen LogP contribution in [0.2, 0.25) is 0 Å². The largest absolute Gasteiger partial charge is 0.356 e. The monoisotopic (exact) mass is 418 g/mol. The molecule has 0 aliphatic carbocycles. The number of rotatable bonds is 8. The predicted octanol–water partition coefficient (Wildman–Crippen LogP) is 1.54. The molecule has 0 amide bonds. The Morgan fingerprint density at radius 2 is 1.93 bits per heavy atom. The summed E-state index contributed by atoms with van der Waals surface area (Å²) in [5.74, 6) is 1.21. The van der Waals surface area contributed by atoms with Crippen LogP contribution < -0.4 is 10.6 Å². The zero-order valence-electron chi connectivity index (χ0n) is 16.9. The van der Waals surface area contributed by atoms with Crippen LogP contribution in [0.3, 0.4) is 0 Å². The zero-order chi connectivity index (χ0) is 20.5. The number of hydrogen-bond donors (Lipinski definition) is 2. The summed E-state index contributed by atoms with van der Waals surface area (Å²) in [6.45, 7) is 3.58. The molecular formula is C20H30N6O2S.